The normalized spacial score (nSPS) is 19.3. The summed E-state index contributed by atoms with van der Waals surface area (Å²) in [5.74, 6) is -1.48. The van der Waals surface area contributed by atoms with Crippen LogP contribution in [0, 0.1) is 11.6 Å². The molecule has 41 heavy (non-hydrogen) atoms. The van der Waals surface area contributed by atoms with Gasteiger partial charge in [-0.25, -0.2) is 23.3 Å². The molecule has 2 aliphatic rings. The van der Waals surface area contributed by atoms with Gasteiger partial charge in [0.25, 0.3) is 0 Å². The lowest BCUT2D eigenvalue weighted by Gasteiger charge is -2.43. The number of aromatic nitrogens is 1. The molecule has 216 valence electrons. The zero-order valence-electron chi connectivity index (χ0n) is 23.4. The summed E-state index contributed by atoms with van der Waals surface area (Å²) in [5.41, 5.74) is 2.51. The molecule has 2 aromatic carbocycles. The van der Waals surface area contributed by atoms with Crippen LogP contribution in [0.5, 0.6) is 0 Å². The molecule has 0 spiro atoms. The van der Waals surface area contributed by atoms with E-state index in [-0.39, 0.29) is 6.04 Å². The van der Waals surface area contributed by atoms with Crippen LogP contribution in [0.3, 0.4) is 0 Å². The molecule has 2 aliphatic heterocycles. The number of pyridine rings is 1. The van der Waals surface area contributed by atoms with Crippen LogP contribution in [0.25, 0.3) is 0 Å². The van der Waals surface area contributed by atoms with Crippen molar-refractivity contribution in [2.75, 3.05) is 32.7 Å². The van der Waals surface area contributed by atoms with Gasteiger partial charge in [-0.3, -0.25) is 4.98 Å². The Balaban J connectivity index is 1.20. The molecule has 7 nitrogen and oxygen atoms in total. The highest BCUT2D eigenvalue weighted by molar-refractivity contribution is 5.95. The van der Waals surface area contributed by atoms with Crippen LogP contribution in [-0.2, 0) is 0 Å². The lowest BCUT2D eigenvalue weighted by molar-refractivity contribution is 0.0944. The van der Waals surface area contributed by atoms with Crippen molar-refractivity contribution in [1.29, 1.82) is 0 Å². The van der Waals surface area contributed by atoms with Gasteiger partial charge in [0, 0.05) is 30.9 Å². The van der Waals surface area contributed by atoms with E-state index in [1.165, 1.54) is 11.0 Å². The number of nitrogens with one attached hydrogen (secondary N) is 1. The fourth-order valence-electron chi connectivity index (χ4n) is 5.95. The maximum absolute atomic E-state index is 14.1. The summed E-state index contributed by atoms with van der Waals surface area (Å²) >= 11 is 0. The van der Waals surface area contributed by atoms with Gasteiger partial charge < -0.3 is 15.1 Å². The monoisotopic (exact) mass is 561 g/mol. The average molecular weight is 562 g/mol. The standard InChI is InChI=1S/C32H37F2N5O2/c1-23(24-8-3-2-4-9-24)38-21-15-30(26-11-12-27(33)28(34)22-26)39(32(38)41)31(40)36-17-7-18-37-19-13-25(14-20-37)29-10-5-6-16-35-29/h2-6,8-12,16,22-23,25,30H,7,13-15,17-21H2,1H3,(H,36,40). The summed E-state index contributed by atoms with van der Waals surface area (Å²) in [6, 6.07) is 17.3. The van der Waals surface area contributed by atoms with Crippen LogP contribution >= 0.6 is 0 Å². The van der Waals surface area contributed by atoms with Crippen LogP contribution in [-0.4, -0.2) is 64.5 Å². The van der Waals surface area contributed by atoms with Crippen LogP contribution in [0.1, 0.15) is 67.4 Å². The van der Waals surface area contributed by atoms with Crippen molar-refractivity contribution < 1.29 is 18.4 Å². The first-order valence-electron chi connectivity index (χ1n) is 14.4. The third-order valence-corrected chi connectivity index (χ3v) is 8.32. The first-order chi connectivity index (χ1) is 19.9. The predicted octanol–water partition coefficient (Wildman–Crippen LogP) is 6.27. The molecule has 3 heterocycles. The summed E-state index contributed by atoms with van der Waals surface area (Å²) in [5, 5.41) is 2.92. The van der Waals surface area contributed by atoms with Crippen molar-refractivity contribution in [2.45, 2.75) is 50.6 Å². The zero-order valence-corrected chi connectivity index (χ0v) is 23.4. The Morgan fingerprint density at radius 1 is 0.976 bits per heavy atom. The molecular formula is C32H37F2N5O2. The summed E-state index contributed by atoms with van der Waals surface area (Å²) in [6.45, 7) is 5.51. The molecule has 0 radical (unpaired) electrons. The number of nitrogens with zero attached hydrogens (tertiary/aromatic N) is 4. The maximum Gasteiger partial charge on any atom is 0.329 e. The molecule has 2 saturated heterocycles. The van der Waals surface area contributed by atoms with Crippen molar-refractivity contribution in [1.82, 2.24) is 25.0 Å². The predicted molar refractivity (Wildman–Crippen MR) is 153 cm³/mol. The number of halogens is 2. The topological polar surface area (TPSA) is 68.8 Å². The Bertz CT molecular complexity index is 1320. The SMILES string of the molecule is CC(c1ccccc1)N1CCC(c2ccc(F)c(F)c2)N(C(=O)NCCCN2CCC(c3ccccn3)CC2)C1=O. The smallest absolute Gasteiger partial charge is 0.329 e. The highest BCUT2D eigenvalue weighted by Crippen LogP contribution is 2.35. The lowest BCUT2D eigenvalue weighted by Crippen LogP contribution is -2.56. The summed E-state index contributed by atoms with van der Waals surface area (Å²) in [6.07, 6.45) is 5.10. The van der Waals surface area contributed by atoms with Gasteiger partial charge in [0.2, 0.25) is 0 Å². The van der Waals surface area contributed by atoms with E-state index in [1.54, 1.807) is 4.90 Å². The molecule has 2 fully saturated rings. The van der Waals surface area contributed by atoms with Crippen molar-refractivity contribution in [3.8, 4) is 0 Å². The molecule has 0 bridgehead atoms. The number of hydrogen-bond acceptors (Lipinski definition) is 4. The van der Waals surface area contributed by atoms with Gasteiger partial charge in [0.05, 0.1) is 12.1 Å². The molecule has 1 N–H and O–H groups in total. The number of amides is 4. The van der Waals surface area contributed by atoms with Crippen LogP contribution in [0.15, 0.2) is 72.9 Å². The Morgan fingerprint density at radius 3 is 2.44 bits per heavy atom. The third kappa shape index (κ3) is 6.73. The van der Waals surface area contributed by atoms with Gasteiger partial charge in [-0.1, -0.05) is 42.5 Å². The second-order valence-electron chi connectivity index (χ2n) is 10.9. The second kappa shape index (κ2) is 13.2. The second-order valence-corrected chi connectivity index (χ2v) is 10.9. The minimum atomic E-state index is -0.998. The van der Waals surface area contributed by atoms with Crippen molar-refractivity contribution in [2.24, 2.45) is 0 Å². The Morgan fingerprint density at radius 2 is 1.73 bits per heavy atom. The number of imide groups is 1. The van der Waals surface area contributed by atoms with E-state index in [0.29, 0.717) is 31.0 Å². The van der Waals surface area contributed by atoms with E-state index in [1.807, 2.05) is 55.6 Å². The largest absolute Gasteiger partial charge is 0.338 e. The fourth-order valence-corrected chi connectivity index (χ4v) is 5.95. The maximum atomic E-state index is 14.1. The number of hydrogen-bond donors (Lipinski definition) is 1. The van der Waals surface area contributed by atoms with Crippen LogP contribution in [0.2, 0.25) is 0 Å². The highest BCUT2D eigenvalue weighted by Gasteiger charge is 2.40. The van der Waals surface area contributed by atoms with E-state index >= 15 is 0 Å². The van der Waals surface area contributed by atoms with Crippen molar-refractivity contribution in [3.63, 3.8) is 0 Å². The molecule has 0 saturated carbocycles. The number of likely N-dealkylation sites (tertiary alicyclic amines) is 1. The molecular weight excluding hydrogens is 524 g/mol. The zero-order chi connectivity index (χ0) is 28.8. The number of benzene rings is 2. The van der Waals surface area contributed by atoms with E-state index < -0.39 is 29.7 Å². The summed E-state index contributed by atoms with van der Waals surface area (Å²) in [7, 11) is 0. The molecule has 9 heteroatoms. The Hall–Kier alpha value is -3.85. The first kappa shape index (κ1) is 28.7. The average Bonchev–Trinajstić information content (AvgIpc) is 3.01. The molecule has 4 amide bonds. The number of rotatable bonds is 8. The molecule has 0 aliphatic carbocycles. The van der Waals surface area contributed by atoms with E-state index in [2.05, 4.69) is 21.3 Å². The van der Waals surface area contributed by atoms with Gasteiger partial charge in [-0.15, -0.1) is 0 Å². The Kier molecular flexibility index (Phi) is 9.24. The van der Waals surface area contributed by atoms with E-state index in [0.717, 1.165) is 62.3 Å². The highest BCUT2D eigenvalue weighted by atomic mass is 19.2. The number of carbonyl (C=O) groups is 2. The van der Waals surface area contributed by atoms with Gasteiger partial charge in [0.1, 0.15) is 0 Å². The summed E-state index contributed by atoms with van der Waals surface area (Å²) < 4.78 is 27.8. The van der Waals surface area contributed by atoms with Crippen LogP contribution < -0.4 is 5.32 Å². The fraction of sp³-hybridized carbons (Fsp3) is 0.406. The molecule has 5 rings (SSSR count). The minimum Gasteiger partial charge on any atom is -0.338 e. The number of piperidine rings is 1. The molecule has 2 unspecified atom stereocenters. The molecule has 1 aromatic heterocycles. The van der Waals surface area contributed by atoms with E-state index in [4.69, 9.17) is 0 Å². The summed E-state index contributed by atoms with van der Waals surface area (Å²) in [4.78, 5) is 37.0. The van der Waals surface area contributed by atoms with Crippen molar-refractivity contribution >= 4 is 12.1 Å². The molecule has 3 aromatic rings. The van der Waals surface area contributed by atoms with Gasteiger partial charge >= 0.3 is 12.1 Å². The first-order valence-corrected chi connectivity index (χ1v) is 14.4. The van der Waals surface area contributed by atoms with E-state index in [9.17, 15) is 18.4 Å². The van der Waals surface area contributed by atoms with Crippen molar-refractivity contribution in [3.05, 3.63) is 101 Å². The van der Waals surface area contributed by atoms with Gasteiger partial charge in [-0.2, -0.15) is 0 Å². The van der Waals surface area contributed by atoms with Crippen LogP contribution in [0.4, 0.5) is 18.4 Å². The minimum absolute atomic E-state index is 0.251. The van der Waals surface area contributed by atoms with Gasteiger partial charge in [0.15, 0.2) is 11.6 Å². The number of carbonyl (C=O) groups excluding carboxylic acids is 2. The third-order valence-electron chi connectivity index (χ3n) is 8.32. The lowest BCUT2D eigenvalue weighted by atomic mass is 9.93. The quantitative estimate of drug-likeness (QED) is 0.329. The Labute approximate surface area is 240 Å². The molecule has 2 atom stereocenters. The number of urea groups is 2. The van der Waals surface area contributed by atoms with Gasteiger partial charge in [-0.05, 0) is 87.6 Å².